The quantitative estimate of drug-likeness (QED) is 0.777. The van der Waals surface area contributed by atoms with Crippen LogP contribution < -0.4 is 5.32 Å². The highest BCUT2D eigenvalue weighted by Crippen LogP contribution is 2.15. The van der Waals surface area contributed by atoms with Crippen molar-refractivity contribution < 1.29 is 9.00 Å². The number of nitrogens with zero attached hydrogens (tertiary/aromatic N) is 1. The van der Waals surface area contributed by atoms with Crippen LogP contribution >= 0.6 is 15.9 Å². The molecular formula is C12H19BrN2O2S. The van der Waals surface area contributed by atoms with Gasteiger partial charge >= 0.3 is 0 Å². The van der Waals surface area contributed by atoms with Crippen LogP contribution in [0.2, 0.25) is 0 Å². The van der Waals surface area contributed by atoms with Gasteiger partial charge in [0, 0.05) is 46.6 Å². The number of hydrogen-bond donors (Lipinski definition) is 1. The zero-order valence-electron chi connectivity index (χ0n) is 10.7. The Morgan fingerprint density at radius 3 is 2.89 bits per heavy atom. The van der Waals surface area contributed by atoms with E-state index in [4.69, 9.17) is 0 Å². The van der Waals surface area contributed by atoms with E-state index in [0.29, 0.717) is 18.0 Å². The van der Waals surface area contributed by atoms with E-state index in [1.165, 1.54) is 0 Å². The van der Waals surface area contributed by atoms with Gasteiger partial charge in [-0.3, -0.25) is 9.00 Å². The molecule has 18 heavy (non-hydrogen) atoms. The van der Waals surface area contributed by atoms with E-state index >= 15 is 0 Å². The third-order valence-corrected chi connectivity index (χ3v) is 3.75. The molecule has 1 aromatic heterocycles. The molecule has 1 aromatic rings. The van der Waals surface area contributed by atoms with Crippen LogP contribution in [0.1, 0.15) is 30.3 Å². The van der Waals surface area contributed by atoms with Gasteiger partial charge in [0.15, 0.2) is 0 Å². The number of carbonyl (C=O) groups excluding carboxylic acids is 1. The molecule has 4 nitrogen and oxygen atoms in total. The molecule has 1 N–H and O–H groups in total. The van der Waals surface area contributed by atoms with Crippen molar-refractivity contribution in [3.8, 4) is 0 Å². The smallest absolute Gasteiger partial charge is 0.267 e. The van der Waals surface area contributed by atoms with E-state index in [9.17, 15) is 9.00 Å². The number of nitrogens with one attached hydrogen (secondary N) is 1. The molecule has 1 rings (SSSR count). The van der Waals surface area contributed by atoms with Gasteiger partial charge in [0.2, 0.25) is 0 Å². The second-order valence-electron chi connectivity index (χ2n) is 4.12. The highest BCUT2D eigenvalue weighted by atomic mass is 79.9. The Bertz CT molecular complexity index is 432. The van der Waals surface area contributed by atoms with E-state index in [-0.39, 0.29) is 5.91 Å². The fraction of sp³-hybridized carbons (Fsp3) is 0.583. The van der Waals surface area contributed by atoms with Gasteiger partial charge in [-0.15, -0.1) is 0 Å². The Kier molecular flexibility index (Phi) is 6.63. The fourth-order valence-electron chi connectivity index (χ4n) is 1.66. The third kappa shape index (κ3) is 4.94. The number of rotatable bonds is 7. The summed E-state index contributed by atoms with van der Waals surface area (Å²) < 4.78 is 13.7. The summed E-state index contributed by atoms with van der Waals surface area (Å²) in [7, 11) is -0.792. The summed E-state index contributed by atoms with van der Waals surface area (Å²) in [6.45, 7) is 3.47. The minimum Gasteiger partial charge on any atom is -0.351 e. The van der Waals surface area contributed by atoms with Crippen LogP contribution in [0.25, 0.3) is 0 Å². The van der Waals surface area contributed by atoms with Gasteiger partial charge in [0.25, 0.3) is 5.91 Å². The van der Waals surface area contributed by atoms with Crippen molar-refractivity contribution in [2.24, 2.45) is 0 Å². The average molecular weight is 335 g/mol. The second kappa shape index (κ2) is 7.74. The standard InChI is InChI=1S/C12H19BrN2O2S/c1-3-6-15-9-10(13)8-11(15)12(16)14-5-4-7-18(2)17/h8-9H,3-7H2,1-2H3,(H,14,16). The number of aromatic nitrogens is 1. The first kappa shape index (κ1) is 15.4. The van der Waals surface area contributed by atoms with Gasteiger partial charge in [0.1, 0.15) is 5.69 Å². The van der Waals surface area contributed by atoms with E-state index in [1.54, 1.807) is 6.26 Å². The topological polar surface area (TPSA) is 51.1 Å². The fourth-order valence-corrected chi connectivity index (χ4v) is 2.67. The van der Waals surface area contributed by atoms with Crippen molar-refractivity contribution in [1.82, 2.24) is 9.88 Å². The van der Waals surface area contributed by atoms with Crippen LogP contribution in [0.5, 0.6) is 0 Å². The molecule has 0 aliphatic heterocycles. The largest absolute Gasteiger partial charge is 0.351 e. The molecule has 0 radical (unpaired) electrons. The maximum absolute atomic E-state index is 12.0. The Morgan fingerprint density at radius 1 is 1.56 bits per heavy atom. The van der Waals surface area contributed by atoms with Crippen LogP contribution in [0.3, 0.4) is 0 Å². The Balaban J connectivity index is 2.52. The zero-order chi connectivity index (χ0) is 13.5. The number of amides is 1. The SMILES string of the molecule is CCCn1cc(Br)cc1C(=O)NCCCS(C)=O. The number of carbonyl (C=O) groups is 1. The summed E-state index contributed by atoms with van der Waals surface area (Å²) in [4.78, 5) is 12.0. The van der Waals surface area contributed by atoms with Crippen molar-refractivity contribution in [1.29, 1.82) is 0 Å². The number of aryl methyl sites for hydroxylation is 1. The molecule has 1 unspecified atom stereocenters. The maximum atomic E-state index is 12.0. The first-order chi connectivity index (χ1) is 8.54. The van der Waals surface area contributed by atoms with Crippen LogP contribution in [0.4, 0.5) is 0 Å². The molecule has 0 aliphatic rings. The van der Waals surface area contributed by atoms with Crippen molar-refractivity contribution in [3.63, 3.8) is 0 Å². The van der Waals surface area contributed by atoms with Crippen molar-refractivity contribution in [3.05, 3.63) is 22.4 Å². The lowest BCUT2D eigenvalue weighted by Crippen LogP contribution is -2.27. The molecule has 0 bridgehead atoms. The van der Waals surface area contributed by atoms with Gasteiger partial charge in [-0.2, -0.15) is 0 Å². The maximum Gasteiger partial charge on any atom is 0.267 e. The predicted molar refractivity (Wildman–Crippen MR) is 78.3 cm³/mol. The highest BCUT2D eigenvalue weighted by molar-refractivity contribution is 9.10. The summed E-state index contributed by atoms with van der Waals surface area (Å²) in [5.74, 6) is 0.552. The summed E-state index contributed by atoms with van der Waals surface area (Å²) >= 11 is 3.38. The molecule has 1 heterocycles. The molecule has 1 amide bonds. The zero-order valence-corrected chi connectivity index (χ0v) is 13.1. The molecule has 102 valence electrons. The van der Waals surface area contributed by atoms with Gasteiger partial charge in [-0.25, -0.2) is 0 Å². The van der Waals surface area contributed by atoms with Gasteiger partial charge < -0.3 is 9.88 Å². The summed E-state index contributed by atoms with van der Waals surface area (Å²) in [5.41, 5.74) is 0.668. The lowest BCUT2D eigenvalue weighted by molar-refractivity contribution is 0.0944. The third-order valence-electron chi connectivity index (χ3n) is 2.45. The van der Waals surface area contributed by atoms with Crippen LogP contribution in [0, 0.1) is 0 Å². The number of hydrogen-bond acceptors (Lipinski definition) is 2. The molecule has 6 heteroatoms. The molecule has 1 atom stereocenters. The normalized spacial score (nSPS) is 12.4. The monoisotopic (exact) mass is 334 g/mol. The van der Waals surface area contributed by atoms with Gasteiger partial charge in [-0.1, -0.05) is 6.92 Å². The first-order valence-electron chi connectivity index (χ1n) is 5.98. The highest BCUT2D eigenvalue weighted by Gasteiger charge is 2.11. The van der Waals surface area contributed by atoms with E-state index in [2.05, 4.69) is 28.2 Å². The minimum absolute atomic E-state index is 0.0731. The van der Waals surface area contributed by atoms with Crippen molar-refractivity contribution in [2.45, 2.75) is 26.3 Å². The molecule has 0 fully saturated rings. The summed E-state index contributed by atoms with van der Waals surface area (Å²) in [5, 5.41) is 2.85. The first-order valence-corrected chi connectivity index (χ1v) is 8.50. The Hall–Kier alpha value is -0.620. The lowest BCUT2D eigenvalue weighted by Gasteiger charge is -2.08. The average Bonchev–Trinajstić information content (AvgIpc) is 2.66. The molecule has 0 aliphatic carbocycles. The molecule has 0 aromatic carbocycles. The molecule has 0 saturated carbocycles. The van der Waals surface area contributed by atoms with Crippen molar-refractivity contribution in [2.75, 3.05) is 18.6 Å². The van der Waals surface area contributed by atoms with Crippen LogP contribution in [-0.4, -0.2) is 33.2 Å². The lowest BCUT2D eigenvalue weighted by atomic mass is 10.3. The summed E-state index contributed by atoms with van der Waals surface area (Å²) in [6.07, 6.45) is 5.31. The predicted octanol–water partition coefficient (Wildman–Crippen LogP) is 2.16. The van der Waals surface area contributed by atoms with E-state index in [0.717, 1.165) is 23.9 Å². The Labute approximate surface area is 119 Å². The minimum atomic E-state index is -0.792. The molecule has 0 spiro atoms. The Morgan fingerprint density at radius 2 is 2.28 bits per heavy atom. The van der Waals surface area contributed by atoms with E-state index < -0.39 is 10.8 Å². The number of halogens is 1. The second-order valence-corrected chi connectivity index (χ2v) is 6.59. The molecule has 0 saturated heterocycles. The van der Waals surface area contributed by atoms with Crippen molar-refractivity contribution >= 4 is 32.6 Å². The van der Waals surface area contributed by atoms with E-state index in [1.807, 2.05) is 16.8 Å². The van der Waals surface area contributed by atoms with Crippen LogP contribution in [-0.2, 0) is 17.3 Å². The van der Waals surface area contributed by atoms with Crippen LogP contribution in [0.15, 0.2) is 16.7 Å². The van der Waals surface area contributed by atoms with Gasteiger partial charge in [0.05, 0.1) is 0 Å². The van der Waals surface area contributed by atoms with Gasteiger partial charge in [-0.05, 0) is 34.8 Å². The molecular weight excluding hydrogens is 316 g/mol. The summed E-state index contributed by atoms with van der Waals surface area (Å²) in [6, 6.07) is 1.82.